The van der Waals surface area contributed by atoms with Crippen molar-refractivity contribution in [2.75, 3.05) is 18.1 Å². The molecule has 1 aromatic carbocycles. The number of amides is 1. The number of hydrogen-bond acceptors (Lipinski definition) is 7. The molecule has 1 fully saturated rings. The maximum atomic E-state index is 13.2. The molecule has 4 rings (SSSR count). The SMILES string of the molecule is CC(C)(C)OC(=O)[C@H]1CC(C(=O)N2CCC(c3n[nH]c(=O)[nH]3)CC2)=NN1c1ccccc1. The van der Waals surface area contributed by atoms with Gasteiger partial charge in [-0.05, 0) is 45.7 Å². The van der Waals surface area contributed by atoms with Crippen molar-refractivity contribution < 1.29 is 14.3 Å². The Bertz CT molecular complexity index is 1060. The third-order valence-corrected chi connectivity index (χ3v) is 5.55. The Balaban J connectivity index is 1.48. The van der Waals surface area contributed by atoms with Crippen LogP contribution in [-0.2, 0) is 14.3 Å². The molecule has 10 nitrogen and oxygen atoms in total. The van der Waals surface area contributed by atoms with Gasteiger partial charge in [0.15, 0.2) is 6.04 Å². The highest BCUT2D eigenvalue weighted by molar-refractivity contribution is 6.40. The molecule has 2 aromatic rings. The standard InChI is InChI=1S/C22H28N6O4/c1-22(2,3)32-20(30)17-13-16(26-28(17)15-7-5-4-6-8-15)19(29)27-11-9-14(10-12-27)18-23-21(31)25-24-18/h4-8,14,17H,9-13H2,1-3H3,(H2,23,24,25,31)/t17-/m1/s1. The Labute approximate surface area is 185 Å². The molecule has 2 aliphatic heterocycles. The number of benzene rings is 1. The van der Waals surface area contributed by atoms with Crippen LogP contribution in [-0.4, -0.2) is 62.4 Å². The van der Waals surface area contributed by atoms with Gasteiger partial charge in [0, 0.05) is 25.4 Å². The summed E-state index contributed by atoms with van der Waals surface area (Å²) in [4.78, 5) is 41.9. The van der Waals surface area contributed by atoms with Crippen molar-refractivity contribution in [2.45, 2.75) is 57.6 Å². The monoisotopic (exact) mass is 440 g/mol. The van der Waals surface area contributed by atoms with Crippen LogP contribution in [0.5, 0.6) is 0 Å². The number of aromatic nitrogens is 3. The number of anilines is 1. The van der Waals surface area contributed by atoms with Gasteiger partial charge in [0.2, 0.25) is 0 Å². The molecule has 0 radical (unpaired) electrons. The van der Waals surface area contributed by atoms with Gasteiger partial charge in [-0.15, -0.1) is 0 Å². The van der Waals surface area contributed by atoms with Crippen molar-refractivity contribution in [1.82, 2.24) is 20.1 Å². The predicted molar refractivity (Wildman–Crippen MR) is 118 cm³/mol. The van der Waals surface area contributed by atoms with Crippen molar-refractivity contribution in [3.8, 4) is 0 Å². The van der Waals surface area contributed by atoms with Crippen LogP contribution in [0.2, 0.25) is 0 Å². The van der Waals surface area contributed by atoms with Gasteiger partial charge in [-0.2, -0.15) is 10.2 Å². The molecule has 1 saturated heterocycles. The van der Waals surface area contributed by atoms with Crippen molar-refractivity contribution >= 4 is 23.3 Å². The Morgan fingerprint density at radius 3 is 2.41 bits per heavy atom. The van der Waals surface area contributed by atoms with E-state index in [0.29, 0.717) is 37.5 Å². The summed E-state index contributed by atoms with van der Waals surface area (Å²) >= 11 is 0. The maximum Gasteiger partial charge on any atom is 0.340 e. The zero-order valence-electron chi connectivity index (χ0n) is 18.5. The highest BCUT2D eigenvalue weighted by atomic mass is 16.6. The number of para-hydroxylation sites is 1. The number of rotatable bonds is 4. The van der Waals surface area contributed by atoms with Crippen LogP contribution in [0.25, 0.3) is 0 Å². The molecule has 0 saturated carbocycles. The van der Waals surface area contributed by atoms with Gasteiger partial charge in [-0.3, -0.25) is 14.8 Å². The lowest BCUT2D eigenvalue weighted by molar-refractivity contribution is -0.156. The fraction of sp³-hybridized carbons (Fsp3) is 0.500. The topological polar surface area (TPSA) is 124 Å². The largest absolute Gasteiger partial charge is 0.458 e. The zero-order chi connectivity index (χ0) is 22.9. The van der Waals surface area contributed by atoms with Crippen molar-refractivity contribution in [1.29, 1.82) is 0 Å². The summed E-state index contributed by atoms with van der Waals surface area (Å²) in [6.45, 7) is 6.50. The number of ether oxygens (including phenoxy) is 1. The molecule has 0 aliphatic carbocycles. The highest BCUT2D eigenvalue weighted by Crippen LogP contribution is 2.29. The molecule has 0 unspecified atom stereocenters. The molecule has 170 valence electrons. The number of carbonyl (C=O) groups excluding carboxylic acids is 2. The van der Waals surface area contributed by atoms with E-state index in [9.17, 15) is 14.4 Å². The molecule has 3 heterocycles. The van der Waals surface area contributed by atoms with E-state index < -0.39 is 17.6 Å². The number of piperidine rings is 1. The molecule has 1 aromatic heterocycles. The second-order valence-electron chi connectivity index (χ2n) is 9.11. The third-order valence-electron chi connectivity index (χ3n) is 5.55. The zero-order valence-corrected chi connectivity index (χ0v) is 18.5. The van der Waals surface area contributed by atoms with Crippen LogP contribution >= 0.6 is 0 Å². The number of esters is 1. The minimum atomic E-state index is -0.692. The van der Waals surface area contributed by atoms with Crippen LogP contribution in [0, 0.1) is 0 Å². The quantitative estimate of drug-likeness (QED) is 0.699. The van der Waals surface area contributed by atoms with Crippen molar-refractivity contribution in [3.05, 3.63) is 46.6 Å². The van der Waals surface area contributed by atoms with Gasteiger partial charge in [0.1, 0.15) is 17.1 Å². The van der Waals surface area contributed by atoms with Gasteiger partial charge in [-0.25, -0.2) is 14.7 Å². The van der Waals surface area contributed by atoms with Crippen LogP contribution < -0.4 is 10.7 Å². The molecule has 10 heteroatoms. The van der Waals surface area contributed by atoms with Crippen LogP contribution in [0.3, 0.4) is 0 Å². The highest BCUT2D eigenvalue weighted by Gasteiger charge is 2.40. The number of aromatic amines is 2. The summed E-state index contributed by atoms with van der Waals surface area (Å²) in [5.41, 5.74) is 0.109. The first-order valence-electron chi connectivity index (χ1n) is 10.8. The Morgan fingerprint density at radius 1 is 1.12 bits per heavy atom. The van der Waals surface area contributed by atoms with E-state index in [1.807, 2.05) is 51.1 Å². The first-order valence-corrected chi connectivity index (χ1v) is 10.8. The number of hydrazone groups is 1. The summed E-state index contributed by atoms with van der Waals surface area (Å²) in [5, 5.41) is 12.5. The fourth-order valence-electron chi connectivity index (χ4n) is 4.03. The minimum Gasteiger partial charge on any atom is -0.458 e. The Morgan fingerprint density at radius 2 is 1.81 bits per heavy atom. The summed E-state index contributed by atoms with van der Waals surface area (Å²) in [5.74, 6) is 0.138. The lowest BCUT2D eigenvalue weighted by Crippen LogP contribution is -2.42. The molecular formula is C22H28N6O4. The number of carbonyl (C=O) groups is 2. The first kappa shape index (κ1) is 21.8. The number of likely N-dealkylation sites (tertiary alicyclic amines) is 1. The molecule has 2 aliphatic rings. The second kappa shape index (κ2) is 8.60. The molecule has 0 bridgehead atoms. The van der Waals surface area contributed by atoms with Crippen LogP contribution in [0.4, 0.5) is 5.69 Å². The summed E-state index contributed by atoms with van der Waals surface area (Å²) < 4.78 is 5.59. The molecule has 1 atom stereocenters. The number of nitrogens with zero attached hydrogens (tertiary/aromatic N) is 4. The van der Waals surface area contributed by atoms with Crippen LogP contribution in [0.15, 0.2) is 40.2 Å². The lowest BCUT2D eigenvalue weighted by atomic mass is 9.95. The summed E-state index contributed by atoms with van der Waals surface area (Å²) in [6.07, 6.45) is 1.57. The fourth-order valence-corrected chi connectivity index (χ4v) is 4.03. The predicted octanol–water partition coefficient (Wildman–Crippen LogP) is 1.78. The summed E-state index contributed by atoms with van der Waals surface area (Å²) in [6, 6.07) is 8.62. The molecule has 1 amide bonds. The van der Waals surface area contributed by atoms with Gasteiger partial charge in [0.05, 0.1) is 5.69 Å². The maximum absolute atomic E-state index is 13.2. The molecule has 32 heavy (non-hydrogen) atoms. The van der Waals surface area contributed by atoms with E-state index in [4.69, 9.17) is 4.74 Å². The average molecular weight is 441 g/mol. The van der Waals surface area contributed by atoms with Crippen molar-refractivity contribution in [3.63, 3.8) is 0 Å². The minimum absolute atomic E-state index is 0.0962. The Kier molecular flexibility index (Phi) is 5.86. The van der Waals surface area contributed by atoms with Gasteiger partial charge < -0.3 is 9.64 Å². The number of nitrogens with one attached hydrogen (secondary N) is 2. The molecular weight excluding hydrogens is 412 g/mol. The Hall–Kier alpha value is -3.43. The van der Waals surface area contributed by atoms with Crippen molar-refractivity contribution in [2.24, 2.45) is 5.10 Å². The first-order chi connectivity index (χ1) is 15.2. The molecule has 2 N–H and O–H groups in total. The number of hydrogen-bond donors (Lipinski definition) is 2. The molecule has 0 spiro atoms. The van der Waals surface area contributed by atoms with E-state index >= 15 is 0 Å². The average Bonchev–Trinajstić information content (AvgIpc) is 3.40. The van der Waals surface area contributed by atoms with E-state index in [1.165, 1.54) is 0 Å². The van der Waals surface area contributed by atoms with Gasteiger partial charge >= 0.3 is 11.7 Å². The van der Waals surface area contributed by atoms with E-state index in [2.05, 4.69) is 20.3 Å². The van der Waals surface area contributed by atoms with E-state index in [1.54, 1.807) is 9.91 Å². The van der Waals surface area contributed by atoms with Gasteiger partial charge in [0.25, 0.3) is 5.91 Å². The lowest BCUT2D eigenvalue weighted by Gasteiger charge is -2.30. The summed E-state index contributed by atoms with van der Waals surface area (Å²) in [7, 11) is 0. The second-order valence-corrected chi connectivity index (χ2v) is 9.11. The van der Waals surface area contributed by atoms with E-state index in [-0.39, 0.29) is 23.9 Å². The smallest absolute Gasteiger partial charge is 0.340 e. The van der Waals surface area contributed by atoms with E-state index in [0.717, 1.165) is 5.69 Å². The third kappa shape index (κ3) is 4.74. The van der Waals surface area contributed by atoms with Crippen LogP contribution in [0.1, 0.15) is 51.8 Å². The number of H-pyrrole nitrogens is 2. The van der Waals surface area contributed by atoms with Gasteiger partial charge in [-0.1, -0.05) is 18.2 Å². The normalized spacial score (nSPS) is 19.7.